The van der Waals surface area contributed by atoms with Gasteiger partial charge in [-0.05, 0) is 30.7 Å². The van der Waals surface area contributed by atoms with Gasteiger partial charge >= 0.3 is 0 Å². The van der Waals surface area contributed by atoms with E-state index >= 15 is 0 Å². The summed E-state index contributed by atoms with van der Waals surface area (Å²) in [6.45, 7) is 2.87. The van der Waals surface area contributed by atoms with Gasteiger partial charge in [-0.1, -0.05) is 35.7 Å². The van der Waals surface area contributed by atoms with Crippen molar-refractivity contribution in [3.63, 3.8) is 0 Å². The Hall–Kier alpha value is -1.29. The van der Waals surface area contributed by atoms with Gasteiger partial charge in [-0.3, -0.25) is 4.79 Å². The molecule has 1 amide bonds. The van der Waals surface area contributed by atoms with Crippen LogP contribution < -0.4 is 10.1 Å². The predicted octanol–water partition coefficient (Wildman–Crippen LogP) is 3.78. The summed E-state index contributed by atoms with van der Waals surface area (Å²) in [5.74, 6) is 0.677. The summed E-state index contributed by atoms with van der Waals surface area (Å²) in [4.78, 5) is 11.6. The molecule has 0 spiro atoms. The van der Waals surface area contributed by atoms with Crippen molar-refractivity contribution in [3.8, 4) is 5.75 Å². The molecule has 0 bridgehead atoms. The van der Waals surface area contributed by atoms with E-state index in [-0.39, 0.29) is 5.91 Å². The van der Waals surface area contributed by atoms with Crippen molar-refractivity contribution < 1.29 is 9.53 Å². The Kier molecular flexibility index (Phi) is 7.26. The lowest BCUT2D eigenvalue weighted by molar-refractivity contribution is -0.116. The highest BCUT2D eigenvalue weighted by Crippen LogP contribution is 2.23. The van der Waals surface area contributed by atoms with E-state index in [1.54, 1.807) is 13.2 Å². The molecule has 0 aliphatic heterocycles. The van der Waals surface area contributed by atoms with Gasteiger partial charge in [0.15, 0.2) is 0 Å². The highest BCUT2D eigenvalue weighted by molar-refractivity contribution is 9.10. The van der Waals surface area contributed by atoms with Gasteiger partial charge in [0, 0.05) is 22.7 Å². The standard InChI is InChI=1S/C15H20BrNO2/c1-3-4-5-10-17-15(18)9-6-12-11-13(16)7-8-14(12)19-2/h6-9,11H,3-5,10H2,1-2H3,(H,17,18). The highest BCUT2D eigenvalue weighted by atomic mass is 79.9. The zero-order valence-electron chi connectivity index (χ0n) is 11.4. The fourth-order valence-electron chi connectivity index (χ4n) is 1.65. The van der Waals surface area contributed by atoms with Gasteiger partial charge in [0.1, 0.15) is 5.75 Å². The van der Waals surface area contributed by atoms with Crippen LogP contribution in [0.15, 0.2) is 28.7 Å². The number of unbranched alkanes of at least 4 members (excludes halogenated alkanes) is 2. The third-order valence-electron chi connectivity index (χ3n) is 2.69. The summed E-state index contributed by atoms with van der Waals surface area (Å²) in [6.07, 6.45) is 6.62. The summed E-state index contributed by atoms with van der Waals surface area (Å²) in [6, 6.07) is 5.68. The molecule has 1 rings (SSSR count). The molecule has 0 radical (unpaired) electrons. The topological polar surface area (TPSA) is 38.3 Å². The smallest absolute Gasteiger partial charge is 0.244 e. The number of carbonyl (C=O) groups excluding carboxylic acids is 1. The van der Waals surface area contributed by atoms with Crippen molar-refractivity contribution in [2.75, 3.05) is 13.7 Å². The molecular formula is C15H20BrNO2. The minimum Gasteiger partial charge on any atom is -0.496 e. The average molecular weight is 326 g/mol. The lowest BCUT2D eigenvalue weighted by atomic mass is 10.2. The number of methoxy groups -OCH3 is 1. The van der Waals surface area contributed by atoms with Gasteiger partial charge < -0.3 is 10.1 Å². The molecule has 0 aliphatic carbocycles. The summed E-state index contributed by atoms with van der Waals surface area (Å²) >= 11 is 3.40. The number of carbonyl (C=O) groups is 1. The molecular weight excluding hydrogens is 306 g/mol. The maximum Gasteiger partial charge on any atom is 0.244 e. The largest absolute Gasteiger partial charge is 0.496 e. The van der Waals surface area contributed by atoms with Gasteiger partial charge in [0.05, 0.1) is 7.11 Å². The van der Waals surface area contributed by atoms with Crippen molar-refractivity contribution in [2.24, 2.45) is 0 Å². The fourth-order valence-corrected chi connectivity index (χ4v) is 2.03. The van der Waals surface area contributed by atoms with Gasteiger partial charge in [-0.2, -0.15) is 0 Å². The Morgan fingerprint density at radius 2 is 2.21 bits per heavy atom. The van der Waals surface area contributed by atoms with E-state index in [1.165, 1.54) is 6.08 Å². The van der Waals surface area contributed by atoms with E-state index in [4.69, 9.17) is 4.74 Å². The molecule has 0 aromatic heterocycles. The van der Waals surface area contributed by atoms with Gasteiger partial charge in [0.25, 0.3) is 0 Å². The fraction of sp³-hybridized carbons (Fsp3) is 0.400. The molecule has 0 aliphatic rings. The normalized spacial score (nSPS) is 10.7. The first-order chi connectivity index (χ1) is 9.17. The van der Waals surface area contributed by atoms with Crippen LogP contribution in [0.5, 0.6) is 5.75 Å². The zero-order chi connectivity index (χ0) is 14.1. The Morgan fingerprint density at radius 3 is 2.89 bits per heavy atom. The zero-order valence-corrected chi connectivity index (χ0v) is 13.0. The monoisotopic (exact) mass is 325 g/mol. The van der Waals surface area contributed by atoms with Crippen LogP contribution in [0.1, 0.15) is 31.7 Å². The Balaban J connectivity index is 2.55. The number of hydrogen-bond donors (Lipinski definition) is 1. The van der Waals surface area contributed by atoms with Crippen molar-refractivity contribution in [1.82, 2.24) is 5.32 Å². The molecule has 0 atom stereocenters. The Bertz CT molecular complexity index is 444. The van der Waals surface area contributed by atoms with Crippen molar-refractivity contribution in [1.29, 1.82) is 0 Å². The summed E-state index contributed by atoms with van der Waals surface area (Å²) in [5.41, 5.74) is 0.876. The molecule has 4 heteroatoms. The molecule has 1 aromatic carbocycles. The quantitative estimate of drug-likeness (QED) is 0.612. The summed E-state index contributed by atoms with van der Waals surface area (Å²) in [7, 11) is 1.62. The third kappa shape index (κ3) is 5.92. The third-order valence-corrected chi connectivity index (χ3v) is 3.18. The first kappa shape index (κ1) is 15.8. The van der Waals surface area contributed by atoms with Gasteiger partial charge in [0.2, 0.25) is 5.91 Å². The number of amides is 1. The van der Waals surface area contributed by atoms with Crippen LogP contribution in [0.25, 0.3) is 6.08 Å². The number of ether oxygens (including phenoxy) is 1. The summed E-state index contributed by atoms with van der Waals surface area (Å²) < 4.78 is 6.20. The van der Waals surface area contributed by atoms with E-state index in [0.717, 1.165) is 41.6 Å². The second kappa shape index (κ2) is 8.75. The minimum atomic E-state index is -0.0712. The van der Waals surface area contributed by atoms with Crippen LogP contribution in [-0.4, -0.2) is 19.6 Å². The first-order valence-corrected chi connectivity index (χ1v) is 7.26. The average Bonchev–Trinajstić information content (AvgIpc) is 2.41. The second-order valence-electron chi connectivity index (χ2n) is 4.22. The van der Waals surface area contributed by atoms with Crippen LogP contribution in [0.4, 0.5) is 0 Å². The van der Waals surface area contributed by atoms with Crippen molar-refractivity contribution in [3.05, 3.63) is 34.3 Å². The van der Waals surface area contributed by atoms with Crippen molar-refractivity contribution in [2.45, 2.75) is 26.2 Å². The number of rotatable bonds is 7. The molecule has 0 saturated carbocycles. The van der Waals surface area contributed by atoms with Crippen LogP contribution >= 0.6 is 15.9 Å². The Labute approximate surface area is 123 Å². The van der Waals surface area contributed by atoms with Crippen LogP contribution in [0.3, 0.4) is 0 Å². The van der Waals surface area contributed by atoms with Gasteiger partial charge in [-0.25, -0.2) is 0 Å². The molecule has 19 heavy (non-hydrogen) atoms. The second-order valence-corrected chi connectivity index (χ2v) is 5.13. The van der Waals surface area contributed by atoms with Crippen LogP contribution in [0, 0.1) is 0 Å². The van der Waals surface area contributed by atoms with Crippen LogP contribution in [-0.2, 0) is 4.79 Å². The Morgan fingerprint density at radius 1 is 1.42 bits per heavy atom. The molecule has 104 valence electrons. The van der Waals surface area contributed by atoms with Crippen LogP contribution in [0.2, 0.25) is 0 Å². The van der Waals surface area contributed by atoms with E-state index in [2.05, 4.69) is 28.2 Å². The highest BCUT2D eigenvalue weighted by Gasteiger charge is 2.01. The molecule has 3 nitrogen and oxygen atoms in total. The van der Waals surface area contributed by atoms with E-state index in [0.29, 0.717) is 0 Å². The van der Waals surface area contributed by atoms with E-state index in [9.17, 15) is 4.79 Å². The molecule has 0 saturated heterocycles. The van der Waals surface area contributed by atoms with E-state index in [1.807, 2.05) is 18.2 Å². The first-order valence-electron chi connectivity index (χ1n) is 6.46. The van der Waals surface area contributed by atoms with E-state index < -0.39 is 0 Å². The predicted molar refractivity (Wildman–Crippen MR) is 82.3 cm³/mol. The lowest BCUT2D eigenvalue weighted by Crippen LogP contribution is -2.21. The molecule has 0 fully saturated rings. The SMILES string of the molecule is CCCCCNC(=O)C=Cc1cc(Br)ccc1OC. The molecule has 0 heterocycles. The van der Waals surface area contributed by atoms with Crippen molar-refractivity contribution >= 4 is 27.9 Å². The number of halogens is 1. The van der Waals surface area contributed by atoms with Gasteiger partial charge in [-0.15, -0.1) is 0 Å². The lowest BCUT2D eigenvalue weighted by Gasteiger charge is -2.05. The number of nitrogens with one attached hydrogen (secondary N) is 1. The molecule has 1 aromatic rings. The maximum absolute atomic E-state index is 11.6. The number of benzene rings is 1. The minimum absolute atomic E-state index is 0.0712. The maximum atomic E-state index is 11.6. The molecule has 0 unspecified atom stereocenters. The molecule has 1 N–H and O–H groups in total. The summed E-state index contributed by atoms with van der Waals surface area (Å²) in [5, 5.41) is 2.86. The number of hydrogen-bond acceptors (Lipinski definition) is 2.